The van der Waals surface area contributed by atoms with Gasteiger partial charge in [0.25, 0.3) is 0 Å². The molecule has 156 valence electrons. The number of carbonyl (C=O) groups is 1. The highest BCUT2D eigenvalue weighted by molar-refractivity contribution is 5.82. The molecule has 2 aliphatic rings. The van der Waals surface area contributed by atoms with E-state index in [9.17, 15) is 15.0 Å². The molecule has 5 nitrogen and oxygen atoms in total. The number of hydrogen-bond acceptors (Lipinski definition) is 5. The summed E-state index contributed by atoms with van der Waals surface area (Å²) >= 11 is 0. The zero-order chi connectivity index (χ0) is 20.7. The Labute approximate surface area is 168 Å². The van der Waals surface area contributed by atoms with E-state index in [-0.39, 0.29) is 29.7 Å². The maximum absolute atomic E-state index is 12.6. The first-order valence-corrected chi connectivity index (χ1v) is 10.5. The number of carbonyl (C=O) groups excluding carboxylic acids is 1. The lowest BCUT2D eigenvalue weighted by atomic mass is 9.65. The Morgan fingerprint density at radius 2 is 2.04 bits per heavy atom. The van der Waals surface area contributed by atoms with Crippen molar-refractivity contribution in [1.82, 2.24) is 0 Å². The van der Waals surface area contributed by atoms with Gasteiger partial charge < -0.3 is 19.7 Å². The molecule has 1 saturated carbocycles. The van der Waals surface area contributed by atoms with Crippen LogP contribution in [0.3, 0.4) is 0 Å². The molecule has 2 N–H and O–H groups in total. The molecular weight excluding hydrogens is 356 g/mol. The second-order valence-electron chi connectivity index (χ2n) is 9.41. The predicted octanol–water partition coefficient (Wildman–Crippen LogP) is 4.43. The number of aromatic hydroxyl groups is 1. The average molecular weight is 391 g/mol. The smallest absolute Gasteiger partial charge is 0.315 e. The van der Waals surface area contributed by atoms with Gasteiger partial charge in [-0.3, -0.25) is 4.79 Å². The van der Waals surface area contributed by atoms with Gasteiger partial charge in [0.05, 0.1) is 18.1 Å². The van der Waals surface area contributed by atoms with Gasteiger partial charge in [0.1, 0.15) is 17.1 Å². The van der Waals surface area contributed by atoms with Crippen LogP contribution in [0.2, 0.25) is 0 Å². The lowest BCUT2D eigenvalue weighted by Gasteiger charge is -2.48. The lowest BCUT2D eigenvalue weighted by molar-refractivity contribution is -0.149. The van der Waals surface area contributed by atoms with E-state index >= 15 is 0 Å². The number of phenolic OH excluding ortho intramolecular Hbond substituents is 1. The third-order valence-electron chi connectivity index (χ3n) is 6.54. The lowest BCUT2D eigenvalue weighted by Crippen LogP contribution is -2.47. The largest absolute Gasteiger partial charge is 0.508 e. The number of hydrogen-bond donors (Lipinski definition) is 2. The number of benzene rings is 1. The van der Waals surface area contributed by atoms with Crippen molar-refractivity contribution in [2.75, 3.05) is 6.61 Å². The van der Waals surface area contributed by atoms with E-state index in [0.717, 1.165) is 31.2 Å². The Bertz CT molecular complexity index is 737. The Morgan fingerprint density at radius 1 is 1.32 bits per heavy atom. The van der Waals surface area contributed by atoms with Crippen molar-refractivity contribution in [2.24, 2.45) is 5.92 Å². The molecule has 0 spiro atoms. The van der Waals surface area contributed by atoms with Gasteiger partial charge in [-0.1, -0.05) is 13.3 Å². The van der Waals surface area contributed by atoms with Crippen LogP contribution in [-0.2, 0) is 14.9 Å². The van der Waals surface area contributed by atoms with Crippen molar-refractivity contribution in [1.29, 1.82) is 0 Å². The van der Waals surface area contributed by atoms with E-state index in [2.05, 4.69) is 20.8 Å². The minimum Gasteiger partial charge on any atom is -0.508 e. The molecule has 1 aliphatic carbocycles. The first-order valence-electron chi connectivity index (χ1n) is 10.5. The molecule has 1 fully saturated rings. The van der Waals surface area contributed by atoms with Crippen LogP contribution >= 0.6 is 0 Å². The van der Waals surface area contributed by atoms with Gasteiger partial charge in [-0.05, 0) is 71.1 Å². The molecule has 1 aromatic carbocycles. The molecule has 5 heteroatoms. The molecule has 0 aromatic heterocycles. The summed E-state index contributed by atoms with van der Waals surface area (Å²) in [5, 5.41) is 21.1. The van der Waals surface area contributed by atoms with Gasteiger partial charge >= 0.3 is 5.97 Å². The second kappa shape index (κ2) is 7.58. The molecule has 28 heavy (non-hydrogen) atoms. The molecule has 0 amide bonds. The maximum atomic E-state index is 12.6. The van der Waals surface area contributed by atoms with E-state index in [1.807, 2.05) is 19.9 Å². The van der Waals surface area contributed by atoms with E-state index in [1.165, 1.54) is 0 Å². The van der Waals surface area contributed by atoms with Crippen molar-refractivity contribution in [3.63, 3.8) is 0 Å². The SMILES string of the molecule is CCCCOC(=O)C(C)(C)c1cc(O)c2c(c1)OC(C)(C)C1CCC(O)C[C@@H]21. The van der Waals surface area contributed by atoms with E-state index in [4.69, 9.17) is 9.47 Å². The Balaban J connectivity index is 1.97. The first kappa shape index (κ1) is 21.0. The summed E-state index contributed by atoms with van der Waals surface area (Å²) in [6.07, 6.45) is 3.70. The van der Waals surface area contributed by atoms with Gasteiger partial charge in [0.15, 0.2) is 0 Å². The topological polar surface area (TPSA) is 76.0 Å². The Hall–Kier alpha value is -1.75. The van der Waals surface area contributed by atoms with E-state index < -0.39 is 11.0 Å². The quantitative estimate of drug-likeness (QED) is 0.575. The molecule has 1 aliphatic heterocycles. The second-order valence-corrected chi connectivity index (χ2v) is 9.41. The summed E-state index contributed by atoms with van der Waals surface area (Å²) in [5.41, 5.74) is 0.156. The van der Waals surface area contributed by atoms with Crippen molar-refractivity contribution in [3.8, 4) is 11.5 Å². The normalized spacial score (nSPS) is 26.0. The molecule has 0 saturated heterocycles. The van der Waals surface area contributed by atoms with Gasteiger partial charge in [0, 0.05) is 17.4 Å². The van der Waals surface area contributed by atoms with Crippen molar-refractivity contribution in [3.05, 3.63) is 23.3 Å². The maximum Gasteiger partial charge on any atom is 0.315 e. The number of esters is 1. The zero-order valence-electron chi connectivity index (χ0n) is 17.7. The number of fused-ring (bicyclic) bond motifs is 3. The summed E-state index contributed by atoms with van der Waals surface area (Å²) in [5.74, 6) is 0.746. The summed E-state index contributed by atoms with van der Waals surface area (Å²) in [6.45, 7) is 10.2. The number of ether oxygens (including phenoxy) is 2. The summed E-state index contributed by atoms with van der Waals surface area (Å²) in [7, 11) is 0. The fourth-order valence-corrected chi connectivity index (χ4v) is 4.70. The molecule has 1 heterocycles. The minimum atomic E-state index is -0.892. The van der Waals surface area contributed by atoms with E-state index in [0.29, 0.717) is 24.3 Å². The third-order valence-corrected chi connectivity index (χ3v) is 6.54. The summed E-state index contributed by atoms with van der Waals surface area (Å²) in [6, 6.07) is 3.54. The van der Waals surface area contributed by atoms with Crippen LogP contribution in [0, 0.1) is 5.92 Å². The fourth-order valence-electron chi connectivity index (χ4n) is 4.70. The molecule has 0 bridgehead atoms. The highest BCUT2D eigenvalue weighted by Crippen LogP contribution is 2.55. The Morgan fingerprint density at radius 3 is 2.71 bits per heavy atom. The van der Waals surface area contributed by atoms with Crippen molar-refractivity contribution < 1.29 is 24.5 Å². The predicted molar refractivity (Wildman–Crippen MR) is 108 cm³/mol. The molecular formula is C23H34O5. The third kappa shape index (κ3) is 3.73. The number of aliphatic hydroxyl groups excluding tert-OH is 1. The number of aliphatic hydroxyl groups is 1. The first-order chi connectivity index (χ1) is 13.1. The van der Waals surface area contributed by atoms with Gasteiger partial charge in [0.2, 0.25) is 0 Å². The molecule has 0 radical (unpaired) electrons. The average Bonchev–Trinajstić information content (AvgIpc) is 2.60. The molecule has 3 rings (SSSR count). The van der Waals surface area contributed by atoms with Gasteiger partial charge in [-0.25, -0.2) is 0 Å². The van der Waals surface area contributed by atoms with Crippen LogP contribution in [-0.4, -0.2) is 34.5 Å². The number of phenols is 1. The van der Waals surface area contributed by atoms with Gasteiger partial charge in [-0.15, -0.1) is 0 Å². The zero-order valence-corrected chi connectivity index (χ0v) is 17.7. The van der Waals surface area contributed by atoms with Crippen molar-refractivity contribution >= 4 is 5.97 Å². The van der Waals surface area contributed by atoms with E-state index in [1.54, 1.807) is 6.07 Å². The Kier molecular flexibility index (Phi) is 5.68. The summed E-state index contributed by atoms with van der Waals surface area (Å²) in [4.78, 5) is 12.6. The number of unbranched alkanes of at least 4 members (excludes halogenated alkanes) is 1. The highest BCUT2D eigenvalue weighted by Gasteiger charge is 2.48. The number of rotatable bonds is 5. The highest BCUT2D eigenvalue weighted by atomic mass is 16.5. The van der Waals surface area contributed by atoms with Crippen LogP contribution < -0.4 is 4.74 Å². The van der Waals surface area contributed by atoms with Gasteiger partial charge in [-0.2, -0.15) is 0 Å². The van der Waals surface area contributed by atoms with Crippen LogP contribution in [0.1, 0.15) is 83.8 Å². The summed E-state index contributed by atoms with van der Waals surface area (Å²) < 4.78 is 11.8. The van der Waals surface area contributed by atoms with Crippen LogP contribution in [0.15, 0.2) is 12.1 Å². The molecule has 2 unspecified atom stereocenters. The standard InChI is InChI=1S/C23H34O5/c1-6-7-10-27-21(26)22(2,3)14-11-18(25)20-16-13-15(24)8-9-17(16)23(4,5)28-19(20)12-14/h11-12,15-17,24-25H,6-10,13H2,1-5H3/t15?,16-,17?/m1/s1. The minimum absolute atomic E-state index is 0.0520. The van der Waals surface area contributed by atoms with Crippen LogP contribution in [0.5, 0.6) is 11.5 Å². The molecule has 3 atom stereocenters. The molecule has 1 aromatic rings. The van der Waals surface area contributed by atoms with Crippen LogP contribution in [0.4, 0.5) is 0 Å². The monoisotopic (exact) mass is 390 g/mol. The van der Waals surface area contributed by atoms with Crippen LogP contribution in [0.25, 0.3) is 0 Å². The fraction of sp³-hybridized carbons (Fsp3) is 0.696. The van der Waals surface area contributed by atoms with Crippen molar-refractivity contribution in [2.45, 2.75) is 89.8 Å².